The van der Waals surface area contributed by atoms with E-state index in [2.05, 4.69) is 0 Å². The zero-order valence-corrected chi connectivity index (χ0v) is 10.1. The number of ether oxygens (including phenoxy) is 1. The number of alkyl halides is 3. The summed E-state index contributed by atoms with van der Waals surface area (Å²) in [5, 5.41) is 0. The Labute approximate surface area is 112 Å². The smallest absolute Gasteiger partial charge is 0.416 e. The molecule has 0 spiro atoms. The van der Waals surface area contributed by atoms with Crippen LogP contribution in [0.2, 0.25) is 0 Å². The van der Waals surface area contributed by atoms with Crippen molar-refractivity contribution in [2.45, 2.75) is 6.18 Å². The van der Waals surface area contributed by atoms with E-state index in [1.165, 1.54) is 24.3 Å². The molecular formula is C14H10F3NO2. The predicted molar refractivity (Wildman–Crippen MR) is 66.5 cm³/mol. The van der Waals surface area contributed by atoms with Crippen molar-refractivity contribution in [2.75, 3.05) is 0 Å². The average Bonchev–Trinajstić information content (AvgIpc) is 2.38. The van der Waals surface area contributed by atoms with E-state index in [4.69, 9.17) is 10.5 Å². The second-order valence-electron chi connectivity index (χ2n) is 3.98. The summed E-state index contributed by atoms with van der Waals surface area (Å²) in [6, 6.07) is 10.4. The first-order valence-electron chi connectivity index (χ1n) is 5.62. The molecule has 0 fully saturated rings. The van der Waals surface area contributed by atoms with Crippen LogP contribution in [0.3, 0.4) is 0 Å². The lowest BCUT2D eigenvalue weighted by Crippen LogP contribution is -2.12. The molecular weight excluding hydrogens is 271 g/mol. The molecule has 2 aromatic rings. The van der Waals surface area contributed by atoms with Crippen LogP contribution in [-0.2, 0) is 6.18 Å². The number of nitrogens with two attached hydrogens (primary N) is 1. The zero-order chi connectivity index (χ0) is 14.8. The third-order valence-electron chi connectivity index (χ3n) is 2.56. The number of halogens is 3. The number of para-hydroxylation sites is 1. The molecule has 2 N–H and O–H groups in total. The van der Waals surface area contributed by atoms with Gasteiger partial charge in [0.1, 0.15) is 11.5 Å². The molecule has 0 saturated heterocycles. The molecule has 1 amide bonds. The summed E-state index contributed by atoms with van der Waals surface area (Å²) in [6.45, 7) is 0. The van der Waals surface area contributed by atoms with Gasteiger partial charge in [0, 0.05) is 0 Å². The van der Waals surface area contributed by atoms with Crippen LogP contribution in [0.25, 0.3) is 0 Å². The SMILES string of the molecule is NC(=O)c1ccccc1Oc1ccc(C(F)(F)F)cc1. The number of rotatable bonds is 3. The first-order valence-corrected chi connectivity index (χ1v) is 5.62. The summed E-state index contributed by atoms with van der Waals surface area (Å²) in [6.07, 6.45) is -4.40. The van der Waals surface area contributed by atoms with Crippen molar-refractivity contribution < 1.29 is 22.7 Å². The van der Waals surface area contributed by atoms with Crippen LogP contribution in [-0.4, -0.2) is 5.91 Å². The van der Waals surface area contributed by atoms with Gasteiger partial charge in [0.15, 0.2) is 0 Å². The number of hydrogen-bond acceptors (Lipinski definition) is 2. The fourth-order valence-corrected chi connectivity index (χ4v) is 1.60. The molecule has 0 aromatic heterocycles. The normalized spacial score (nSPS) is 11.2. The minimum atomic E-state index is -4.40. The Bertz CT molecular complexity index is 621. The van der Waals surface area contributed by atoms with Crippen molar-refractivity contribution >= 4 is 5.91 Å². The fraction of sp³-hybridized carbons (Fsp3) is 0.0714. The first-order chi connectivity index (χ1) is 9.38. The highest BCUT2D eigenvalue weighted by Crippen LogP contribution is 2.31. The van der Waals surface area contributed by atoms with Crippen LogP contribution in [0.4, 0.5) is 13.2 Å². The lowest BCUT2D eigenvalue weighted by atomic mass is 10.2. The molecule has 2 rings (SSSR count). The van der Waals surface area contributed by atoms with Gasteiger partial charge in [-0.3, -0.25) is 4.79 Å². The Hall–Kier alpha value is -2.50. The Morgan fingerprint density at radius 2 is 1.60 bits per heavy atom. The highest BCUT2D eigenvalue weighted by atomic mass is 19.4. The van der Waals surface area contributed by atoms with Crippen LogP contribution in [0, 0.1) is 0 Å². The molecule has 0 aliphatic heterocycles. The molecule has 104 valence electrons. The van der Waals surface area contributed by atoms with Gasteiger partial charge in [0.25, 0.3) is 5.91 Å². The fourth-order valence-electron chi connectivity index (χ4n) is 1.60. The van der Waals surface area contributed by atoms with Gasteiger partial charge in [-0.2, -0.15) is 13.2 Å². The van der Waals surface area contributed by atoms with Crippen LogP contribution in [0.1, 0.15) is 15.9 Å². The third-order valence-corrected chi connectivity index (χ3v) is 2.56. The minimum Gasteiger partial charge on any atom is -0.457 e. The molecule has 20 heavy (non-hydrogen) atoms. The van der Waals surface area contributed by atoms with Crippen molar-refractivity contribution in [1.29, 1.82) is 0 Å². The van der Waals surface area contributed by atoms with Gasteiger partial charge in [-0.1, -0.05) is 12.1 Å². The van der Waals surface area contributed by atoms with Gasteiger partial charge in [-0.25, -0.2) is 0 Å². The van der Waals surface area contributed by atoms with Crippen LogP contribution >= 0.6 is 0 Å². The predicted octanol–water partition coefficient (Wildman–Crippen LogP) is 3.60. The maximum Gasteiger partial charge on any atom is 0.416 e. The molecule has 0 bridgehead atoms. The molecule has 0 heterocycles. The molecule has 0 saturated carbocycles. The van der Waals surface area contributed by atoms with Crippen molar-refractivity contribution in [3.8, 4) is 11.5 Å². The van der Waals surface area contributed by atoms with Gasteiger partial charge in [0.2, 0.25) is 0 Å². The van der Waals surface area contributed by atoms with Crippen LogP contribution in [0.15, 0.2) is 48.5 Å². The highest BCUT2D eigenvalue weighted by Gasteiger charge is 2.30. The quantitative estimate of drug-likeness (QED) is 0.934. The van der Waals surface area contributed by atoms with Gasteiger partial charge < -0.3 is 10.5 Å². The summed E-state index contributed by atoms with van der Waals surface area (Å²) >= 11 is 0. The Balaban J connectivity index is 2.25. The van der Waals surface area contributed by atoms with Gasteiger partial charge in [-0.05, 0) is 36.4 Å². The number of primary amides is 1. The molecule has 0 unspecified atom stereocenters. The number of benzene rings is 2. The summed E-state index contributed by atoms with van der Waals surface area (Å²) in [5.41, 5.74) is 4.57. The van der Waals surface area contributed by atoms with E-state index in [0.717, 1.165) is 12.1 Å². The molecule has 0 atom stereocenters. The topological polar surface area (TPSA) is 52.3 Å². The van der Waals surface area contributed by atoms with E-state index in [0.29, 0.717) is 0 Å². The molecule has 0 aliphatic carbocycles. The van der Waals surface area contributed by atoms with E-state index >= 15 is 0 Å². The van der Waals surface area contributed by atoms with E-state index in [9.17, 15) is 18.0 Å². The van der Waals surface area contributed by atoms with Crippen molar-refractivity contribution in [1.82, 2.24) is 0 Å². The summed E-state index contributed by atoms with van der Waals surface area (Å²) < 4.78 is 42.6. The maximum absolute atomic E-state index is 12.4. The van der Waals surface area contributed by atoms with Gasteiger partial charge >= 0.3 is 6.18 Å². The van der Waals surface area contributed by atoms with Crippen molar-refractivity contribution in [3.05, 3.63) is 59.7 Å². The molecule has 0 aliphatic rings. The lowest BCUT2D eigenvalue weighted by Gasteiger charge is -2.10. The monoisotopic (exact) mass is 281 g/mol. The van der Waals surface area contributed by atoms with E-state index in [1.54, 1.807) is 12.1 Å². The number of hydrogen-bond donors (Lipinski definition) is 1. The molecule has 0 radical (unpaired) electrons. The number of carbonyl (C=O) groups is 1. The maximum atomic E-state index is 12.4. The molecule has 2 aromatic carbocycles. The van der Waals surface area contributed by atoms with Gasteiger partial charge in [0.05, 0.1) is 11.1 Å². The number of amides is 1. The van der Waals surface area contributed by atoms with Crippen LogP contribution in [0.5, 0.6) is 11.5 Å². The van der Waals surface area contributed by atoms with E-state index < -0.39 is 17.6 Å². The summed E-state index contributed by atoms with van der Waals surface area (Å²) in [7, 11) is 0. The Morgan fingerprint density at radius 3 is 2.15 bits per heavy atom. The first kappa shape index (κ1) is 13.9. The third kappa shape index (κ3) is 3.09. The average molecular weight is 281 g/mol. The summed E-state index contributed by atoms with van der Waals surface area (Å²) in [4.78, 5) is 11.2. The van der Waals surface area contributed by atoms with E-state index in [-0.39, 0.29) is 17.1 Å². The Morgan fingerprint density at radius 1 is 1.00 bits per heavy atom. The second-order valence-corrected chi connectivity index (χ2v) is 3.98. The van der Waals surface area contributed by atoms with E-state index in [1.807, 2.05) is 0 Å². The Kier molecular flexibility index (Phi) is 3.65. The van der Waals surface area contributed by atoms with Crippen LogP contribution < -0.4 is 10.5 Å². The molecule has 3 nitrogen and oxygen atoms in total. The highest BCUT2D eigenvalue weighted by molar-refractivity contribution is 5.95. The number of carbonyl (C=O) groups excluding carboxylic acids is 1. The molecule has 6 heteroatoms. The lowest BCUT2D eigenvalue weighted by molar-refractivity contribution is -0.137. The minimum absolute atomic E-state index is 0.160. The second kappa shape index (κ2) is 5.24. The van der Waals surface area contributed by atoms with Crippen molar-refractivity contribution in [3.63, 3.8) is 0 Å². The zero-order valence-electron chi connectivity index (χ0n) is 10.1. The largest absolute Gasteiger partial charge is 0.457 e. The van der Waals surface area contributed by atoms with Crippen molar-refractivity contribution in [2.24, 2.45) is 5.73 Å². The summed E-state index contributed by atoms with van der Waals surface area (Å²) in [5.74, 6) is -0.293. The van der Waals surface area contributed by atoms with Gasteiger partial charge in [-0.15, -0.1) is 0 Å². The standard InChI is InChI=1S/C14H10F3NO2/c15-14(16,17)9-5-7-10(8-6-9)20-12-4-2-1-3-11(12)13(18)19/h1-8H,(H2,18,19).